The van der Waals surface area contributed by atoms with Crippen molar-refractivity contribution in [3.05, 3.63) is 16.1 Å². The maximum absolute atomic E-state index is 12.3. The van der Waals surface area contributed by atoms with Gasteiger partial charge in [-0.15, -0.1) is 11.3 Å². The quantitative estimate of drug-likeness (QED) is 0.656. The molecule has 0 saturated carbocycles. The van der Waals surface area contributed by atoms with Crippen molar-refractivity contribution in [3.63, 3.8) is 0 Å². The van der Waals surface area contributed by atoms with Crippen LogP contribution in [0.25, 0.3) is 0 Å². The highest BCUT2D eigenvalue weighted by atomic mass is 32.1. The summed E-state index contributed by atoms with van der Waals surface area (Å²) in [5.74, 6) is -1.44. The van der Waals surface area contributed by atoms with Gasteiger partial charge in [-0.05, 0) is 13.8 Å². The zero-order chi connectivity index (χ0) is 15.7. The average Bonchev–Trinajstić information content (AvgIpc) is 2.95. The van der Waals surface area contributed by atoms with Crippen LogP contribution in [0.5, 0.6) is 0 Å². The van der Waals surface area contributed by atoms with Gasteiger partial charge in [0.15, 0.2) is 0 Å². The van der Waals surface area contributed by atoms with Crippen LogP contribution in [0.1, 0.15) is 34.1 Å². The van der Waals surface area contributed by atoms with Gasteiger partial charge in [0.25, 0.3) is 5.91 Å². The van der Waals surface area contributed by atoms with E-state index in [2.05, 4.69) is 4.98 Å². The molecule has 21 heavy (non-hydrogen) atoms. The number of carbonyl (C=O) groups excluding carboxylic acids is 1. The smallest absolute Gasteiger partial charge is 0.365 e. The molecule has 0 aliphatic rings. The lowest BCUT2D eigenvalue weighted by Crippen LogP contribution is -2.37. The first-order chi connectivity index (χ1) is 10.1. The fourth-order valence-corrected chi connectivity index (χ4v) is 2.21. The summed E-state index contributed by atoms with van der Waals surface area (Å²) in [6.45, 7) is 6.59. The summed E-state index contributed by atoms with van der Waals surface area (Å²) in [5, 5.41) is 10.2. The molecule has 0 radical (unpaired) electrons. The van der Waals surface area contributed by atoms with E-state index in [4.69, 9.17) is 14.6 Å². The van der Waals surface area contributed by atoms with E-state index in [9.17, 15) is 9.59 Å². The third kappa shape index (κ3) is 5.78. The van der Waals surface area contributed by atoms with Gasteiger partial charge in [0.05, 0.1) is 13.2 Å². The normalized spacial score (nSPS) is 10.6. The maximum Gasteiger partial charge on any atom is 0.365 e. The molecule has 0 saturated heterocycles. The van der Waals surface area contributed by atoms with Crippen LogP contribution < -0.4 is 0 Å². The number of hydrogen-bond acceptors (Lipinski definition) is 6. The Kier molecular flexibility index (Phi) is 7.88. The van der Waals surface area contributed by atoms with Gasteiger partial charge in [-0.1, -0.05) is 0 Å². The van der Waals surface area contributed by atoms with E-state index in [1.807, 2.05) is 13.8 Å². The summed E-state index contributed by atoms with van der Waals surface area (Å²) < 4.78 is 10.5. The topological polar surface area (TPSA) is 89.0 Å². The number of nitrogens with zero attached hydrogens (tertiary/aromatic N) is 2. The number of aromatic carboxylic acids is 1. The van der Waals surface area contributed by atoms with E-state index in [1.54, 1.807) is 4.90 Å². The molecular formula is C13H20N2O5S. The van der Waals surface area contributed by atoms with Gasteiger partial charge in [-0.2, -0.15) is 0 Å². The van der Waals surface area contributed by atoms with E-state index in [-0.39, 0.29) is 16.6 Å². The molecular weight excluding hydrogens is 296 g/mol. The molecule has 1 amide bonds. The zero-order valence-corrected chi connectivity index (χ0v) is 13.0. The Labute approximate surface area is 127 Å². The molecule has 0 bridgehead atoms. The van der Waals surface area contributed by atoms with Crippen LogP contribution in [0.15, 0.2) is 5.38 Å². The SMILES string of the molecule is CCOCCN(CCOCC)C(=O)c1csc(C(=O)O)n1. The van der Waals surface area contributed by atoms with Crippen molar-refractivity contribution < 1.29 is 24.2 Å². The molecule has 0 atom stereocenters. The van der Waals surface area contributed by atoms with E-state index in [1.165, 1.54) is 5.38 Å². The summed E-state index contributed by atoms with van der Waals surface area (Å²) in [5.41, 5.74) is 0.144. The van der Waals surface area contributed by atoms with E-state index in [0.29, 0.717) is 39.5 Å². The molecule has 0 fully saturated rings. The molecule has 0 aliphatic carbocycles. The lowest BCUT2D eigenvalue weighted by atomic mass is 10.3. The van der Waals surface area contributed by atoms with Gasteiger partial charge in [0.1, 0.15) is 5.69 Å². The summed E-state index contributed by atoms with van der Waals surface area (Å²) in [7, 11) is 0. The van der Waals surface area contributed by atoms with Gasteiger partial charge in [0, 0.05) is 31.7 Å². The molecule has 0 aromatic carbocycles. The number of ether oxygens (including phenoxy) is 2. The summed E-state index contributed by atoms with van der Waals surface area (Å²) in [6.07, 6.45) is 0. The number of rotatable bonds is 10. The van der Waals surface area contributed by atoms with Crippen LogP contribution in [0, 0.1) is 0 Å². The number of thiazole rings is 1. The predicted molar refractivity (Wildman–Crippen MR) is 78.0 cm³/mol. The van der Waals surface area contributed by atoms with Gasteiger partial charge in [0.2, 0.25) is 5.01 Å². The summed E-state index contributed by atoms with van der Waals surface area (Å²) in [4.78, 5) is 28.5. The van der Waals surface area contributed by atoms with E-state index < -0.39 is 5.97 Å². The maximum atomic E-state index is 12.3. The van der Waals surface area contributed by atoms with Crippen LogP contribution in [0.3, 0.4) is 0 Å². The molecule has 1 aromatic heterocycles. The second-order valence-electron chi connectivity index (χ2n) is 4.03. The first-order valence-corrected chi connectivity index (χ1v) is 7.61. The molecule has 1 aromatic rings. The van der Waals surface area contributed by atoms with Gasteiger partial charge >= 0.3 is 5.97 Å². The molecule has 1 N–H and O–H groups in total. The first kappa shape index (κ1) is 17.5. The molecule has 0 spiro atoms. The first-order valence-electron chi connectivity index (χ1n) is 6.73. The number of carboxylic acid groups (broad SMARTS) is 1. The van der Waals surface area contributed by atoms with Crippen LogP contribution in [-0.4, -0.2) is 66.4 Å². The van der Waals surface area contributed by atoms with Crippen molar-refractivity contribution in [1.82, 2.24) is 9.88 Å². The predicted octanol–water partition coefficient (Wildman–Crippen LogP) is 1.36. The molecule has 8 heteroatoms. The highest BCUT2D eigenvalue weighted by Gasteiger charge is 2.20. The van der Waals surface area contributed by atoms with Crippen molar-refractivity contribution in [1.29, 1.82) is 0 Å². The second-order valence-corrected chi connectivity index (χ2v) is 4.89. The number of amides is 1. The summed E-state index contributed by atoms with van der Waals surface area (Å²) >= 11 is 0.939. The molecule has 1 rings (SSSR count). The van der Waals surface area contributed by atoms with Crippen LogP contribution in [0.2, 0.25) is 0 Å². The van der Waals surface area contributed by atoms with Crippen molar-refractivity contribution in [2.45, 2.75) is 13.8 Å². The van der Waals surface area contributed by atoms with Crippen molar-refractivity contribution in [2.24, 2.45) is 0 Å². The van der Waals surface area contributed by atoms with Crippen molar-refractivity contribution >= 4 is 23.2 Å². The van der Waals surface area contributed by atoms with Crippen LogP contribution >= 0.6 is 11.3 Å². The van der Waals surface area contributed by atoms with Crippen LogP contribution in [-0.2, 0) is 9.47 Å². The van der Waals surface area contributed by atoms with Crippen LogP contribution in [0.4, 0.5) is 0 Å². The molecule has 7 nitrogen and oxygen atoms in total. The third-order valence-electron chi connectivity index (χ3n) is 2.61. The minimum Gasteiger partial charge on any atom is -0.476 e. The van der Waals surface area contributed by atoms with E-state index >= 15 is 0 Å². The second kappa shape index (κ2) is 9.43. The Balaban J connectivity index is 2.69. The van der Waals surface area contributed by atoms with E-state index in [0.717, 1.165) is 11.3 Å². The third-order valence-corrected chi connectivity index (χ3v) is 3.44. The Hall–Kier alpha value is -1.51. The van der Waals surface area contributed by atoms with Crippen molar-refractivity contribution in [3.8, 4) is 0 Å². The minimum absolute atomic E-state index is 0.0899. The standard InChI is InChI=1S/C13H20N2O5S/c1-3-19-7-5-15(6-8-20-4-2)12(16)10-9-21-11(14-10)13(17)18/h9H,3-8H2,1-2H3,(H,17,18). The highest BCUT2D eigenvalue weighted by Crippen LogP contribution is 2.12. The number of carboxylic acids is 1. The Morgan fingerprint density at radius 3 is 2.24 bits per heavy atom. The van der Waals surface area contributed by atoms with Gasteiger partial charge in [-0.3, -0.25) is 4.79 Å². The highest BCUT2D eigenvalue weighted by molar-refractivity contribution is 7.11. The fraction of sp³-hybridized carbons (Fsp3) is 0.615. The lowest BCUT2D eigenvalue weighted by Gasteiger charge is -2.21. The Morgan fingerprint density at radius 1 is 1.24 bits per heavy atom. The molecule has 0 unspecified atom stereocenters. The fourth-order valence-electron chi connectivity index (χ4n) is 1.59. The average molecular weight is 316 g/mol. The molecule has 0 aliphatic heterocycles. The number of hydrogen-bond donors (Lipinski definition) is 1. The molecule has 1 heterocycles. The monoisotopic (exact) mass is 316 g/mol. The van der Waals surface area contributed by atoms with Gasteiger partial charge in [-0.25, -0.2) is 9.78 Å². The minimum atomic E-state index is -1.13. The number of aromatic nitrogens is 1. The van der Waals surface area contributed by atoms with Gasteiger partial charge < -0.3 is 19.5 Å². The number of carbonyl (C=O) groups is 2. The molecule has 118 valence electrons. The largest absolute Gasteiger partial charge is 0.476 e. The zero-order valence-electron chi connectivity index (χ0n) is 12.2. The summed E-state index contributed by atoms with van der Waals surface area (Å²) in [6, 6.07) is 0. The Morgan fingerprint density at radius 2 is 1.81 bits per heavy atom. The lowest BCUT2D eigenvalue weighted by molar-refractivity contribution is 0.0545. The van der Waals surface area contributed by atoms with Crippen molar-refractivity contribution in [2.75, 3.05) is 39.5 Å². The Bertz CT molecular complexity index is 453.